The average molecular weight is 381 g/mol. The number of carbonyl (C=O) groups excluding carboxylic acids is 1. The number of rotatable bonds is 6. The van der Waals surface area contributed by atoms with Crippen molar-refractivity contribution >= 4 is 41.1 Å². The molecular weight excluding hydrogens is 362 g/mol. The van der Waals surface area contributed by atoms with Gasteiger partial charge in [-0.15, -0.1) is 6.42 Å². The first-order valence-electron chi connectivity index (χ1n) is 8.83. The summed E-state index contributed by atoms with van der Waals surface area (Å²) < 4.78 is 0. The molecule has 2 aromatic carbocycles. The van der Waals surface area contributed by atoms with Gasteiger partial charge in [0.25, 0.3) is 5.91 Å². The van der Waals surface area contributed by atoms with Gasteiger partial charge in [-0.25, -0.2) is 4.99 Å². The maximum absolute atomic E-state index is 12.7. The van der Waals surface area contributed by atoms with Crippen molar-refractivity contribution in [1.29, 1.82) is 5.41 Å². The van der Waals surface area contributed by atoms with E-state index in [2.05, 4.69) is 26.5 Å². The molecule has 142 valence electrons. The van der Waals surface area contributed by atoms with E-state index in [1.807, 2.05) is 37.3 Å². The standard InChI is InChI=1S/C23H19N5O/c1-3-10-26-22-15-25-11-9-20(22)23(29)28-19-7-8-21(17(13-19)14-24)27-18-6-4-5-16(2)12-18/h1,4-15,24,27H,2H3,(H,28,29). The molecule has 1 aromatic heterocycles. The molecule has 0 fully saturated rings. The minimum atomic E-state index is -0.341. The zero-order valence-corrected chi connectivity index (χ0v) is 15.8. The first-order chi connectivity index (χ1) is 14.1. The summed E-state index contributed by atoms with van der Waals surface area (Å²) in [5.41, 5.74) is 4.77. The molecule has 29 heavy (non-hydrogen) atoms. The van der Waals surface area contributed by atoms with E-state index in [0.717, 1.165) is 16.9 Å². The Kier molecular flexibility index (Phi) is 6.13. The van der Waals surface area contributed by atoms with E-state index in [9.17, 15) is 4.79 Å². The predicted octanol–water partition coefficient (Wildman–Crippen LogP) is 4.72. The number of nitrogens with one attached hydrogen (secondary N) is 3. The van der Waals surface area contributed by atoms with Crippen molar-refractivity contribution in [2.75, 3.05) is 10.6 Å². The number of terminal acetylenes is 1. The number of amides is 1. The van der Waals surface area contributed by atoms with E-state index in [1.54, 1.807) is 18.2 Å². The summed E-state index contributed by atoms with van der Waals surface area (Å²) in [7, 11) is 0. The molecule has 1 heterocycles. The lowest BCUT2D eigenvalue weighted by molar-refractivity contribution is 0.102. The second kappa shape index (κ2) is 9.11. The fourth-order valence-electron chi connectivity index (χ4n) is 2.74. The average Bonchev–Trinajstić information content (AvgIpc) is 2.73. The third-order valence-electron chi connectivity index (χ3n) is 4.08. The Hall–Kier alpha value is -4.24. The van der Waals surface area contributed by atoms with Crippen molar-refractivity contribution in [3.63, 3.8) is 0 Å². The van der Waals surface area contributed by atoms with Crippen LogP contribution in [0.1, 0.15) is 21.5 Å². The Labute approximate surface area is 169 Å². The van der Waals surface area contributed by atoms with Crippen molar-refractivity contribution in [2.24, 2.45) is 4.99 Å². The van der Waals surface area contributed by atoms with Gasteiger partial charge in [0.1, 0.15) is 0 Å². The summed E-state index contributed by atoms with van der Waals surface area (Å²) in [6, 6.07) is 14.9. The molecule has 0 unspecified atom stereocenters. The summed E-state index contributed by atoms with van der Waals surface area (Å²) >= 11 is 0. The van der Waals surface area contributed by atoms with Crippen LogP contribution in [0.3, 0.4) is 0 Å². The Balaban J connectivity index is 1.82. The number of hydrogen-bond donors (Lipinski definition) is 3. The molecule has 0 aliphatic rings. The predicted molar refractivity (Wildman–Crippen MR) is 118 cm³/mol. The van der Waals surface area contributed by atoms with Crippen LogP contribution in [0.2, 0.25) is 0 Å². The number of aryl methyl sites for hydroxylation is 1. The normalized spacial score (nSPS) is 10.3. The monoisotopic (exact) mass is 381 g/mol. The number of pyridine rings is 1. The number of aliphatic imine (C=N–C) groups is 1. The van der Waals surface area contributed by atoms with Crippen molar-refractivity contribution < 1.29 is 4.79 Å². The Morgan fingerprint density at radius 3 is 2.83 bits per heavy atom. The molecule has 0 saturated carbocycles. The van der Waals surface area contributed by atoms with Crippen LogP contribution in [0.5, 0.6) is 0 Å². The molecule has 3 N–H and O–H groups in total. The van der Waals surface area contributed by atoms with E-state index in [1.165, 1.54) is 24.8 Å². The van der Waals surface area contributed by atoms with Crippen LogP contribution < -0.4 is 10.6 Å². The minimum Gasteiger partial charge on any atom is -0.355 e. The van der Waals surface area contributed by atoms with Crippen molar-refractivity contribution in [3.05, 3.63) is 77.6 Å². The van der Waals surface area contributed by atoms with Gasteiger partial charge in [0.2, 0.25) is 0 Å². The SMILES string of the molecule is C#CC=Nc1cnccc1C(=O)Nc1ccc(Nc2cccc(C)c2)c(C=N)c1. The van der Waals surface area contributed by atoms with E-state index >= 15 is 0 Å². The van der Waals surface area contributed by atoms with Gasteiger partial charge in [-0.3, -0.25) is 9.78 Å². The lowest BCUT2D eigenvalue weighted by atomic mass is 10.1. The molecule has 0 radical (unpaired) electrons. The number of hydrogen-bond acceptors (Lipinski definition) is 5. The quantitative estimate of drug-likeness (QED) is 0.426. The molecule has 0 atom stereocenters. The van der Waals surface area contributed by atoms with Gasteiger partial charge in [-0.1, -0.05) is 18.1 Å². The molecule has 3 aromatic rings. The van der Waals surface area contributed by atoms with Crippen molar-refractivity contribution in [1.82, 2.24) is 4.98 Å². The number of aromatic nitrogens is 1. The fourth-order valence-corrected chi connectivity index (χ4v) is 2.74. The molecular formula is C23H19N5O. The lowest BCUT2D eigenvalue weighted by Crippen LogP contribution is -2.12. The molecule has 0 saturated heterocycles. The molecule has 0 aliphatic carbocycles. The van der Waals surface area contributed by atoms with Crippen LogP contribution >= 0.6 is 0 Å². The summed E-state index contributed by atoms with van der Waals surface area (Å²) in [5, 5.41) is 13.8. The van der Waals surface area contributed by atoms with Gasteiger partial charge in [0, 0.05) is 35.0 Å². The van der Waals surface area contributed by atoms with Gasteiger partial charge in [0.05, 0.1) is 23.7 Å². The Morgan fingerprint density at radius 2 is 2.07 bits per heavy atom. The molecule has 0 spiro atoms. The molecule has 0 bridgehead atoms. The largest absolute Gasteiger partial charge is 0.355 e. The first kappa shape index (κ1) is 19.5. The maximum Gasteiger partial charge on any atom is 0.257 e. The third-order valence-corrected chi connectivity index (χ3v) is 4.08. The van der Waals surface area contributed by atoms with Crippen molar-refractivity contribution in [3.8, 4) is 12.3 Å². The number of benzene rings is 2. The minimum absolute atomic E-state index is 0.341. The topological polar surface area (TPSA) is 90.2 Å². The van der Waals surface area contributed by atoms with Crippen LogP contribution in [0.4, 0.5) is 22.7 Å². The molecule has 1 amide bonds. The van der Waals surface area contributed by atoms with E-state index < -0.39 is 0 Å². The fraction of sp³-hybridized carbons (Fsp3) is 0.0435. The van der Waals surface area contributed by atoms with Crippen LogP contribution in [-0.2, 0) is 0 Å². The van der Waals surface area contributed by atoms with Gasteiger partial charge in [0.15, 0.2) is 0 Å². The molecule has 6 heteroatoms. The van der Waals surface area contributed by atoms with Crippen LogP contribution in [-0.4, -0.2) is 23.3 Å². The Morgan fingerprint density at radius 1 is 1.21 bits per heavy atom. The van der Waals surface area contributed by atoms with Gasteiger partial charge in [-0.05, 0) is 48.9 Å². The highest BCUT2D eigenvalue weighted by Crippen LogP contribution is 2.25. The van der Waals surface area contributed by atoms with Crippen LogP contribution in [0.25, 0.3) is 0 Å². The number of anilines is 3. The number of carbonyl (C=O) groups is 1. The molecule has 6 nitrogen and oxygen atoms in total. The summed E-state index contributed by atoms with van der Waals surface area (Å²) in [6.45, 7) is 2.02. The van der Waals surface area contributed by atoms with Crippen LogP contribution in [0.15, 0.2) is 65.9 Å². The second-order valence-corrected chi connectivity index (χ2v) is 6.21. The van der Waals surface area contributed by atoms with Crippen molar-refractivity contribution in [2.45, 2.75) is 6.92 Å². The summed E-state index contributed by atoms with van der Waals surface area (Å²) in [5.74, 6) is 1.95. The second-order valence-electron chi connectivity index (χ2n) is 6.21. The smallest absolute Gasteiger partial charge is 0.257 e. The van der Waals surface area contributed by atoms with Gasteiger partial charge in [-0.2, -0.15) is 0 Å². The highest BCUT2D eigenvalue weighted by Gasteiger charge is 2.12. The number of nitrogens with zero attached hydrogens (tertiary/aromatic N) is 2. The van der Waals surface area contributed by atoms with Gasteiger partial charge >= 0.3 is 0 Å². The highest BCUT2D eigenvalue weighted by molar-refractivity contribution is 6.08. The Bertz CT molecular complexity index is 1130. The third kappa shape index (κ3) is 4.93. The van der Waals surface area contributed by atoms with Crippen LogP contribution in [0, 0.1) is 24.7 Å². The van der Waals surface area contributed by atoms with E-state index in [0.29, 0.717) is 22.5 Å². The van der Waals surface area contributed by atoms with E-state index in [-0.39, 0.29) is 5.91 Å². The maximum atomic E-state index is 12.7. The highest BCUT2D eigenvalue weighted by atomic mass is 16.1. The van der Waals surface area contributed by atoms with E-state index in [4.69, 9.17) is 11.8 Å². The summed E-state index contributed by atoms with van der Waals surface area (Å²) in [4.78, 5) is 20.7. The first-order valence-corrected chi connectivity index (χ1v) is 8.83. The zero-order valence-electron chi connectivity index (χ0n) is 15.8. The molecule has 0 aliphatic heterocycles. The lowest BCUT2D eigenvalue weighted by Gasteiger charge is -2.13. The zero-order chi connectivity index (χ0) is 20.6. The summed E-state index contributed by atoms with van der Waals surface area (Å²) in [6.07, 6.45) is 10.7. The van der Waals surface area contributed by atoms with Gasteiger partial charge < -0.3 is 16.0 Å². The molecule has 3 rings (SSSR count).